The molecule has 0 aromatic carbocycles. The van der Waals surface area contributed by atoms with Crippen LogP contribution in [0, 0.1) is 17.8 Å². The molecular weight excluding hydrogens is 340 g/mol. The van der Waals surface area contributed by atoms with E-state index in [9.17, 15) is 4.79 Å². The van der Waals surface area contributed by atoms with Crippen LogP contribution in [0.1, 0.15) is 50.0 Å². The van der Waals surface area contributed by atoms with Gasteiger partial charge in [0.05, 0.1) is 6.04 Å². The van der Waals surface area contributed by atoms with Gasteiger partial charge in [-0.15, -0.1) is 10.2 Å². The average molecular weight is 367 g/mol. The van der Waals surface area contributed by atoms with E-state index in [-0.39, 0.29) is 11.3 Å². The molecule has 132 valence electrons. The van der Waals surface area contributed by atoms with Crippen molar-refractivity contribution in [2.24, 2.45) is 23.5 Å². The Morgan fingerprint density at radius 1 is 1.29 bits per heavy atom. The molecule has 0 aliphatic heterocycles. The minimum Gasteiger partial charge on any atom is -0.320 e. The number of hydrogen-bond acceptors (Lipinski definition) is 6. The number of thioether (sulfide) groups is 1. The number of carbonyl (C=O) groups is 1. The molecule has 7 heteroatoms. The zero-order valence-electron chi connectivity index (χ0n) is 14.2. The third kappa shape index (κ3) is 3.10. The van der Waals surface area contributed by atoms with Gasteiger partial charge in [-0.1, -0.05) is 11.3 Å². The first kappa shape index (κ1) is 16.8. The second-order valence-corrected chi connectivity index (χ2v) is 9.95. The lowest BCUT2D eigenvalue weighted by atomic mass is 9.50. The summed E-state index contributed by atoms with van der Waals surface area (Å²) in [4.78, 5) is 12.2. The number of nitrogens with zero attached hydrogens (tertiary/aromatic N) is 2. The number of aromatic nitrogens is 2. The van der Waals surface area contributed by atoms with Crippen molar-refractivity contribution in [3.8, 4) is 0 Å². The number of nitrogens with one attached hydrogen (secondary N) is 1. The monoisotopic (exact) mass is 366 g/mol. The van der Waals surface area contributed by atoms with Gasteiger partial charge >= 0.3 is 0 Å². The van der Waals surface area contributed by atoms with Gasteiger partial charge in [-0.25, -0.2) is 0 Å². The van der Waals surface area contributed by atoms with E-state index in [1.165, 1.54) is 38.5 Å². The summed E-state index contributed by atoms with van der Waals surface area (Å²) in [7, 11) is 0. The lowest BCUT2D eigenvalue weighted by molar-refractivity contribution is -0.117. The third-order valence-electron chi connectivity index (χ3n) is 6.12. The lowest BCUT2D eigenvalue weighted by Crippen LogP contribution is -2.48. The van der Waals surface area contributed by atoms with Crippen LogP contribution < -0.4 is 11.1 Å². The number of rotatable bonds is 6. The van der Waals surface area contributed by atoms with Gasteiger partial charge < -0.3 is 5.73 Å². The summed E-state index contributed by atoms with van der Waals surface area (Å²) in [6.45, 7) is 0. The van der Waals surface area contributed by atoms with Gasteiger partial charge in [0, 0.05) is 5.41 Å². The van der Waals surface area contributed by atoms with Crippen LogP contribution in [0.15, 0.2) is 0 Å². The summed E-state index contributed by atoms with van der Waals surface area (Å²) < 4.78 is 0. The van der Waals surface area contributed by atoms with Crippen LogP contribution in [0.5, 0.6) is 0 Å². The first-order chi connectivity index (χ1) is 11.6. The second-order valence-electron chi connectivity index (χ2n) is 7.99. The fourth-order valence-corrected chi connectivity index (χ4v) is 6.89. The molecule has 24 heavy (non-hydrogen) atoms. The van der Waals surface area contributed by atoms with Crippen LogP contribution in [-0.2, 0) is 10.2 Å². The molecule has 0 radical (unpaired) electrons. The van der Waals surface area contributed by atoms with Crippen molar-refractivity contribution < 1.29 is 4.79 Å². The molecule has 4 aliphatic carbocycles. The third-order valence-corrected chi connectivity index (χ3v) is 7.85. The zero-order valence-corrected chi connectivity index (χ0v) is 15.8. The Hall–Kier alpha value is -0.660. The van der Waals surface area contributed by atoms with Crippen LogP contribution in [0.3, 0.4) is 0 Å². The summed E-state index contributed by atoms with van der Waals surface area (Å²) in [5, 5.41) is 13.4. The Morgan fingerprint density at radius 2 is 1.92 bits per heavy atom. The predicted molar refractivity (Wildman–Crippen MR) is 99.4 cm³/mol. The van der Waals surface area contributed by atoms with Gasteiger partial charge in [-0.05, 0) is 74.7 Å². The van der Waals surface area contributed by atoms with Gasteiger partial charge in [0.25, 0.3) is 0 Å². The predicted octanol–water partition coefficient (Wildman–Crippen LogP) is 3.02. The van der Waals surface area contributed by atoms with E-state index in [0.717, 1.165) is 28.5 Å². The zero-order chi connectivity index (χ0) is 16.7. The average Bonchev–Trinajstić information content (AvgIpc) is 3.00. The lowest BCUT2D eigenvalue weighted by Gasteiger charge is -2.55. The van der Waals surface area contributed by atoms with Crippen LogP contribution in [0.25, 0.3) is 0 Å². The molecule has 0 saturated heterocycles. The maximum absolute atomic E-state index is 12.2. The summed E-state index contributed by atoms with van der Waals surface area (Å²) in [6, 6.07) is -0.468. The molecule has 1 atom stereocenters. The van der Waals surface area contributed by atoms with Crippen LogP contribution >= 0.6 is 23.1 Å². The molecule has 4 bridgehead atoms. The highest BCUT2D eigenvalue weighted by molar-refractivity contribution is 7.98. The van der Waals surface area contributed by atoms with E-state index >= 15 is 0 Å². The van der Waals surface area contributed by atoms with Crippen LogP contribution in [-0.4, -0.2) is 34.2 Å². The fourth-order valence-electron chi connectivity index (χ4n) is 5.43. The number of nitrogens with two attached hydrogens (primary N) is 1. The normalized spacial score (nSPS) is 35.2. The molecule has 5 nitrogen and oxygen atoms in total. The summed E-state index contributed by atoms with van der Waals surface area (Å²) >= 11 is 3.28. The van der Waals surface area contributed by atoms with E-state index in [0.29, 0.717) is 11.6 Å². The summed E-state index contributed by atoms with van der Waals surface area (Å²) in [6.07, 6.45) is 10.8. The maximum Gasteiger partial charge on any atom is 0.243 e. The molecule has 0 unspecified atom stereocenters. The number of hydrogen-bond donors (Lipinski definition) is 2. The first-order valence-corrected chi connectivity index (χ1v) is 11.2. The Morgan fingerprint density at radius 3 is 2.50 bits per heavy atom. The van der Waals surface area contributed by atoms with Crippen molar-refractivity contribution in [3.63, 3.8) is 0 Å². The molecule has 1 aromatic rings. The first-order valence-electron chi connectivity index (χ1n) is 8.97. The summed E-state index contributed by atoms with van der Waals surface area (Å²) in [5.41, 5.74) is 6.18. The molecular formula is C17H26N4OS2. The SMILES string of the molecule is CSCC[C@H](N)C(=O)Nc1nnc(C23CC4CC(CC(C4)C2)C3)s1. The highest BCUT2D eigenvalue weighted by atomic mass is 32.2. The highest BCUT2D eigenvalue weighted by Gasteiger charge is 2.53. The molecule has 4 saturated carbocycles. The van der Waals surface area contributed by atoms with Gasteiger partial charge in [-0.2, -0.15) is 11.8 Å². The molecule has 1 amide bonds. The maximum atomic E-state index is 12.2. The smallest absolute Gasteiger partial charge is 0.243 e. The van der Waals surface area contributed by atoms with Crippen molar-refractivity contribution in [2.75, 3.05) is 17.3 Å². The van der Waals surface area contributed by atoms with Crippen LogP contribution in [0.2, 0.25) is 0 Å². The van der Waals surface area contributed by atoms with E-state index in [1.807, 2.05) is 6.26 Å². The second kappa shape index (κ2) is 6.57. The molecule has 4 fully saturated rings. The standard InChI is InChI=1S/C17H26N4OS2/c1-23-3-2-13(18)14(22)19-16-21-20-15(24-16)17-7-10-4-11(8-17)6-12(5-10)9-17/h10-13H,2-9,18H2,1H3,(H,19,21,22)/t10?,11?,12?,13-,17?/m0/s1. The fraction of sp³-hybridized carbons (Fsp3) is 0.824. The van der Waals surface area contributed by atoms with Gasteiger partial charge in [0.1, 0.15) is 5.01 Å². The molecule has 1 heterocycles. The van der Waals surface area contributed by atoms with Crippen molar-refractivity contribution in [3.05, 3.63) is 5.01 Å². The number of anilines is 1. The Labute approximate surface area is 151 Å². The van der Waals surface area contributed by atoms with E-state index in [2.05, 4.69) is 15.5 Å². The Balaban J connectivity index is 1.44. The topological polar surface area (TPSA) is 80.9 Å². The minimum atomic E-state index is -0.468. The van der Waals surface area contributed by atoms with E-state index in [1.54, 1.807) is 23.1 Å². The van der Waals surface area contributed by atoms with Crippen molar-refractivity contribution in [1.82, 2.24) is 10.2 Å². The number of amides is 1. The van der Waals surface area contributed by atoms with E-state index < -0.39 is 6.04 Å². The molecule has 0 spiro atoms. The summed E-state index contributed by atoms with van der Waals surface area (Å²) in [5.74, 6) is 3.41. The van der Waals surface area contributed by atoms with Crippen molar-refractivity contribution in [1.29, 1.82) is 0 Å². The van der Waals surface area contributed by atoms with Gasteiger partial charge in [0.15, 0.2) is 0 Å². The molecule has 3 N–H and O–H groups in total. The minimum absolute atomic E-state index is 0.141. The van der Waals surface area contributed by atoms with Gasteiger partial charge in [-0.3, -0.25) is 10.1 Å². The molecule has 1 aromatic heterocycles. The van der Waals surface area contributed by atoms with Crippen molar-refractivity contribution in [2.45, 2.75) is 56.4 Å². The van der Waals surface area contributed by atoms with E-state index in [4.69, 9.17) is 5.73 Å². The molecule has 5 rings (SSSR count). The Bertz CT molecular complexity index is 582. The van der Waals surface area contributed by atoms with Crippen LogP contribution in [0.4, 0.5) is 5.13 Å². The Kier molecular flexibility index (Phi) is 4.60. The van der Waals surface area contributed by atoms with Crippen molar-refractivity contribution >= 4 is 34.1 Å². The quantitative estimate of drug-likeness (QED) is 0.809. The number of carbonyl (C=O) groups excluding carboxylic acids is 1. The molecule has 4 aliphatic rings. The highest BCUT2D eigenvalue weighted by Crippen LogP contribution is 2.61. The largest absolute Gasteiger partial charge is 0.320 e. The van der Waals surface area contributed by atoms with Gasteiger partial charge in [0.2, 0.25) is 11.0 Å².